The molecule has 1 fully saturated rings. The molecule has 3 rings (SSSR count). The van der Waals surface area contributed by atoms with Crippen molar-refractivity contribution < 1.29 is 29.0 Å². The highest BCUT2D eigenvalue weighted by Crippen LogP contribution is 2.31. The minimum absolute atomic E-state index is 0.0436. The van der Waals surface area contributed by atoms with Gasteiger partial charge < -0.3 is 25.2 Å². The monoisotopic (exact) mass is 590 g/mol. The maximum atomic E-state index is 13.4. The van der Waals surface area contributed by atoms with Crippen molar-refractivity contribution in [1.29, 1.82) is 0 Å². The molecule has 2 aromatic carbocycles. The van der Waals surface area contributed by atoms with E-state index in [1.807, 2.05) is 54.6 Å². The third-order valence-corrected chi connectivity index (χ3v) is 7.74. The predicted molar refractivity (Wildman–Crippen MR) is 167 cm³/mol. The fourth-order valence-corrected chi connectivity index (χ4v) is 5.31. The number of aliphatic hydroxyl groups excluding tert-OH is 1. The fourth-order valence-electron chi connectivity index (χ4n) is 5.31. The van der Waals surface area contributed by atoms with Crippen molar-refractivity contribution in [2.45, 2.75) is 82.4 Å². The Morgan fingerprint density at radius 2 is 1.70 bits per heavy atom. The molecule has 0 radical (unpaired) electrons. The van der Waals surface area contributed by atoms with Crippen LogP contribution in [0.4, 0.5) is 0 Å². The maximum absolute atomic E-state index is 13.4. The summed E-state index contributed by atoms with van der Waals surface area (Å²) >= 11 is 0. The van der Waals surface area contributed by atoms with Crippen molar-refractivity contribution in [3.63, 3.8) is 0 Å². The molecule has 1 aliphatic carbocycles. The number of benzene rings is 2. The molecule has 8 heteroatoms. The molecule has 0 aromatic heterocycles. The topological polar surface area (TPSA) is 114 Å². The number of rotatable bonds is 19. The molecule has 0 bridgehead atoms. The van der Waals surface area contributed by atoms with E-state index in [-0.39, 0.29) is 37.4 Å². The molecule has 3 N–H and O–H groups in total. The van der Waals surface area contributed by atoms with Crippen molar-refractivity contribution in [2.24, 2.45) is 5.92 Å². The lowest BCUT2D eigenvalue weighted by Crippen LogP contribution is -2.52. The highest BCUT2D eigenvalue weighted by atomic mass is 16.5. The summed E-state index contributed by atoms with van der Waals surface area (Å²) in [5, 5.41) is 16.0. The number of aliphatic hydroxyl groups is 1. The van der Waals surface area contributed by atoms with E-state index in [0.717, 1.165) is 36.1 Å². The molecule has 2 aromatic rings. The molecule has 0 heterocycles. The number of unbranched alkanes of at least 4 members (excludes halogenated alkanes) is 1. The van der Waals surface area contributed by atoms with Gasteiger partial charge in [-0.25, -0.2) is 0 Å². The molecule has 0 spiro atoms. The number of amides is 2. The first-order chi connectivity index (χ1) is 20.9. The van der Waals surface area contributed by atoms with E-state index in [2.05, 4.69) is 23.8 Å². The van der Waals surface area contributed by atoms with E-state index in [4.69, 9.17) is 9.47 Å². The Kier molecular flexibility index (Phi) is 14.0. The quantitative estimate of drug-likeness (QED) is 0.118. The van der Waals surface area contributed by atoms with Crippen molar-refractivity contribution in [2.75, 3.05) is 13.2 Å². The van der Waals surface area contributed by atoms with E-state index in [9.17, 15) is 19.5 Å². The Morgan fingerprint density at radius 1 is 0.977 bits per heavy atom. The number of allylic oxidation sites excluding steroid dienone is 2. The molecule has 0 aliphatic heterocycles. The van der Waals surface area contributed by atoms with E-state index in [0.29, 0.717) is 45.1 Å². The van der Waals surface area contributed by atoms with Gasteiger partial charge in [0.2, 0.25) is 11.8 Å². The van der Waals surface area contributed by atoms with Crippen LogP contribution in [0.25, 0.3) is 0 Å². The number of esters is 1. The Hall–Kier alpha value is -3.91. The Bertz CT molecular complexity index is 1170. The first-order valence-corrected chi connectivity index (χ1v) is 15.2. The minimum atomic E-state index is -0.626. The fraction of sp³-hybridized carbons (Fsp3) is 0.457. The highest BCUT2D eigenvalue weighted by molar-refractivity contribution is 5.86. The first-order valence-electron chi connectivity index (χ1n) is 15.2. The SMILES string of the molecule is C=CCCCC(=O)OCC1(NC(=O)[C@@H](CC=C)CC(=O)N[C@H](CO)Cc2ccc(OCc3ccccc3)cc2)CCCC1. The Labute approximate surface area is 255 Å². The summed E-state index contributed by atoms with van der Waals surface area (Å²) in [6, 6.07) is 17.0. The van der Waals surface area contributed by atoms with Gasteiger partial charge in [-0.15, -0.1) is 13.2 Å². The van der Waals surface area contributed by atoms with E-state index < -0.39 is 17.5 Å². The van der Waals surface area contributed by atoms with Crippen LogP contribution in [-0.4, -0.2) is 47.7 Å². The zero-order valence-electron chi connectivity index (χ0n) is 25.1. The molecular formula is C35H46N2O6. The summed E-state index contributed by atoms with van der Waals surface area (Å²) < 4.78 is 11.4. The summed E-state index contributed by atoms with van der Waals surface area (Å²) in [5.41, 5.74) is 1.40. The van der Waals surface area contributed by atoms with Gasteiger partial charge in [0.1, 0.15) is 19.0 Å². The number of hydrogen-bond donors (Lipinski definition) is 3. The van der Waals surface area contributed by atoms with Crippen molar-refractivity contribution in [1.82, 2.24) is 10.6 Å². The zero-order valence-corrected chi connectivity index (χ0v) is 25.1. The van der Waals surface area contributed by atoms with Gasteiger partial charge in [0, 0.05) is 12.8 Å². The van der Waals surface area contributed by atoms with E-state index in [1.54, 1.807) is 12.2 Å². The molecule has 8 nitrogen and oxygen atoms in total. The lowest BCUT2D eigenvalue weighted by atomic mass is 9.94. The summed E-state index contributed by atoms with van der Waals surface area (Å²) in [4.78, 5) is 38.5. The normalized spacial score (nSPS) is 15.1. The second-order valence-corrected chi connectivity index (χ2v) is 11.3. The molecular weight excluding hydrogens is 544 g/mol. The molecule has 1 saturated carbocycles. The molecule has 1 aliphatic rings. The third-order valence-electron chi connectivity index (χ3n) is 7.74. The van der Waals surface area contributed by atoms with Gasteiger partial charge in [0.15, 0.2) is 0 Å². The smallest absolute Gasteiger partial charge is 0.305 e. The van der Waals surface area contributed by atoms with Crippen LogP contribution in [0.1, 0.15) is 68.9 Å². The number of nitrogens with one attached hydrogen (secondary N) is 2. The van der Waals surface area contributed by atoms with Crippen LogP contribution < -0.4 is 15.4 Å². The molecule has 2 amide bonds. The summed E-state index contributed by atoms with van der Waals surface area (Å²) in [6.45, 7) is 7.79. The van der Waals surface area contributed by atoms with Crippen LogP contribution in [0.3, 0.4) is 0 Å². The largest absolute Gasteiger partial charge is 0.489 e. The van der Waals surface area contributed by atoms with Gasteiger partial charge in [-0.05, 0) is 61.8 Å². The average Bonchev–Trinajstić information content (AvgIpc) is 3.48. The van der Waals surface area contributed by atoms with Gasteiger partial charge in [0.25, 0.3) is 0 Å². The van der Waals surface area contributed by atoms with Crippen LogP contribution >= 0.6 is 0 Å². The van der Waals surface area contributed by atoms with Crippen molar-refractivity contribution in [3.05, 3.63) is 91.0 Å². The summed E-state index contributed by atoms with van der Waals surface area (Å²) in [7, 11) is 0. The van der Waals surface area contributed by atoms with Gasteiger partial charge in [0.05, 0.1) is 24.1 Å². The molecule has 232 valence electrons. The molecule has 0 unspecified atom stereocenters. The van der Waals surface area contributed by atoms with Crippen molar-refractivity contribution in [3.8, 4) is 5.75 Å². The predicted octanol–water partition coefficient (Wildman–Crippen LogP) is 5.20. The molecule has 2 atom stereocenters. The standard InChI is InChI=1S/C35H46N2O6/c1-3-5-7-15-33(40)43-26-35(20-10-11-21-35)37-34(41)29(12-4-2)23-32(39)36-30(24-38)22-27-16-18-31(19-17-27)42-25-28-13-8-6-9-14-28/h3-4,6,8-9,13-14,16-19,29-30,38H,1-2,5,7,10-12,15,20-26H2,(H,36,39)(H,37,41)/t29-,30-/m0/s1. The Balaban J connectivity index is 1.50. The highest BCUT2D eigenvalue weighted by Gasteiger charge is 2.38. The van der Waals surface area contributed by atoms with Gasteiger partial charge in [-0.1, -0.05) is 67.5 Å². The molecule has 0 saturated heterocycles. The van der Waals surface area contributed by atoms with Gasteiger partial charge in [-0.2, -0.15) is 0 Å². The minimum Gasteiger partial charge on any atom is -0.489 e. The lowest BCUT2D eigenvalue weighted by Gasteiger charge is -2.31. The number of hydrogen-bond acceptors (Lipinski definition) is 6. The third kappa shape index (κ3) is 11.7. The molecule has 43 heavy (non-hydrogen) atoms. The van der Waals surface area contributed by atoms with Gasteiger partial charge in [-0.3, -0.25) is 14.4 Å². The second kappa shape index (κ2) is 17.9. The maximum Gasteiger partial charge on any atom is 0.305 e. The number of ether oxygens (including phenoxy) is 2. The lowest BCUT2D eigenvalue weighted by molar-refractivity contribution is -0.147. The van der Waals surface area contributed by atoms with Crippen LogP contribution in [-0.2, 0) is 32.1 Å². The van der Waals surface area contributed by atoms with E-state index in [1.165, 1.54) is 0 Å². The van der Waals surface area contributed by atoms with Gasteiger partial charge >= 0.3 is 5.97 Å². The van der Waals surface area contributed by atoms with Crippen LogP contribution in [0.5, 0.6) is 5.75 Å². The number of carbonyl (C=O) groups is 3. The zero-order chi connectivity index (χ0) is 30.9. The van der Waals surface area contributed by atoms with Crippen LogP contribution in [0.15, 0.2) is 79.9 Å². The Morgan fingerprint density at radius 3 is 2.35 bits per heavy atom. The van der Waals surface area contributed by atoms with Crippen LogP contribution in [0.2, 0.25) is 0 Å². The first kappa shape index (κ1) is 33.6. The van der Waals surface area contributed by atoms with Crippen molar-refractivity contribution >= 4 is 17.8 Å². The van der Waals surface area contributed by atoms with Crippen LogP contribution in [0, 0.1) is 5.92 Å². The summed E-state index contributed by atoms with van der Waals surface area (Å²) in [5.74, 6) is -0.755. The average molecular weight is 591 g/mol. The summed E-state index contributed by atoms with van der Waals surface area (Å²) in [6.07, 6.45) is 9.14. The van der Waals surface area contributed by atoms with E-state index >= 15 is 0 Å². The second-order valence-electron chi connectivity index (χ2n) is 11.3. The number of carbonyl (C=O) groups excluding carboxylic acids is 3.